The summed E-state index contributed by atoms with van der Waals surface area (Å²) in [6, 6.07) is 6.84. The molecule has 0 radical (unpaired) electrons. The Hall–Kier alpha value is -2.01. The summed E-state index contributed by atoms with van der Waals surface area (Å²) >= 11 is 0. The number of aliphatic hydroxyl groups is 1. The van der Waals surface area contributed by atoms with E-state index in [1.807, 2.05) is 0 Å². The van der Waals surface area contributed by atoms with Crippen LogP contribution in [0.3, 0.4) is 0 Å². The van der Waals surface area contributed by atoms with Crippen LogP contribution in [-0.4, -0.2) is 10.1 Å². The van der Waals surface area contributed by atoms with E-state index in [-0.39, 0.29) is 11.6 Å². The lowest BCUT2D eigenvalue weighted by molar-refractivity contribution is 0.194. The van der Waals surface area contributed by atoms with Gasteiger partial charge in [-0.05, 0) is 31.2 Å². The molecule has 0 aliphatic heterocycles. The average Bonchev–Trinajstić information content (AvgIpc) is 2.35. The molecule has 2 rings (SSSR count). The van der Waals surface area contributed by atoms with E-state index in [1.165, 1.54) is 25.3 Å². The zero-order valence-corrected chi connectivity index (χ0v) is 9.60. The highest BCUT2D eigenvalue weighted by atomic mass is 19.2. The summed E-state index contributed by atoms with van der Waals surface area (Å²) in [6.07, 6.45) is 0.628. The maximum Gasteiger partial charge on any atom is 0.225 e. The molecule has 0 fully saturated rings. The lowest BCUT2D eigenvalue weighted by Gasteiger charge is -2.12. The molecule has 0 amide bonds. The van der Waals surface area contributed by atoms with Gasteiger partial charge in [-0.3, -0.25) is 0 Å². The quantitative estimate of drug-likeness (QED) is 0.910. The first-order valence-corrected chi connectivity index (χ1v) is 5.34. The number of aliphatic hydroxyl groups excluding tert-OH is 1. The first-order valence-electron chi connectivity index (χ1n) is 5.34. The molecule has 0 saturated carbocycles. The van der Waals surface area contributed by atoms with Gasteiger partial charge >= 0.3 is 0 Å². The minimum Gasteiger partial charge on any atom is -0.435 e. The van der Waals surface area contributed by atoms with E-state index in [1.54, 1.807) is 12.1 Å². The van der Waals surface area contributed by atoms with Crippen LogP contribution in [0.2, 0.25) is 0 Å². The molecule has 18 heavy (non-hydrogen) atoms. The highest BCUT2D eigenvalue weighted by molar-refractivity contribution is 5.34. The minimum absolute atomic E-state index is 0.0528. The second-order valence-electron chi connectivity index (χ2n) is 3.73. The molecular formula is C13H11F2NO2. The molecule has 1 atom stereocenters. The van der Waals surface area contributed by atoms with Crippen molar-refractivity contribution in [2.45, 2.75) is 13.0 Å². The number of hydrogen-bond acceptors (Lipinski definition) is 3. The van der Waals surface area contributed by atoms with Crippen molar-refractivity contribution >= 4 is 0 Å². The fraction of sp³-hybridized carbons (Fsp3) is 0.154. The third-order valence-corrected chi connectivity index (χ3v) is 2.37. The molecule has 0 spiro atoms. The van der Waals surface area contributed by atoms with E-state index in [2.05, 4.69) is 4.98 Å². The Morgan fingerprint density at radius 3 is 2.72 bits per heavy atom. The van der Waals surface area contributed by atoms with E-state index < -0.39 is 17.7 Å². The van der Waals surface area contributed by atoms with Crippen LogP contribution in [0.25, 0.3) is 0 Å². The lowest BCUT2D eigenvalue weighted by Crippen LogP contribution is -1.99. The Balaban J connectivity index is 2.37. The van der Waals surface area contributed by atoms with Crippen molar-refractivity contribution in [2.75, 3.05) is 0 Å². The third-order valence-electron chi connectivity index (χ3n) is 2.37. The Morgan fingerprint density at radius 2 is 2.00 bits per heavy atom. The van der Waals surface area contributed by atoms with Crippen LogP contribution in [-0.2, 0) is 0 Å². The van der Waals surface area contributed by atoms with Gasteiger partial charge in [-0.25, -0.2) is 9.37 Å². The van der Waals surface area contributed by atoms with Gasteiger partial charge in [-0.2, -0.15) is 4.39 Å². The summed E-state index contributed by atoms with van der Waals surface area (Å²) in [5, 5.41) is 9.52. The number of halogens is 2. The van der Waals surface area contributed by atoms with Crippen LogP contribution in [0.4, 0.5) is 8.78 Å². The summed E-state index contributed by atoms with van der Waals surface area (Å²) in [6.45, 7) is 1.53. The maximum atomic E-state index is 13.4. The van der Waals surface area contributed by atoms with Crippen LogP contribution in [0.15, 0.2) is 36.5 Å². The molecule has 0 aliphatic rings. The molecule has 1 aromatic carbocycles. The number of benzene rings is 1. The molecule has 0 aliphatic carbocycles. The summed E-state index contributed by atoms with van der Waals surface area (Å²) in [7, 11) is 0. The molecule has 1 aromatic heterocycles. The topological polar surface area (TPSA) is 42.4 Å². The number of rotatable bonds is 3. The van der Waals surface area contributed by atoms with Crippen molar-refractivity contribution in [1.29, 1.82) is 0 Å². The number of aromatic nitrogens is 1. The van der Waals surface area contributed by atoms with Crippen LogP contribution in [0.5, 0.6) is 11.6 Å². The Morgan fingerprint density at radius 1 is 1.22 bits per heavy atom. The molecule has 0 bridgehead atoms. The van der Waals surface area contributed by atoms with Crippen LogP contribution >= 0.6 is 0 Å². The Bertz CT molecular complexity index is 558. The number of ether oxygens (including phenoxy) is 1. The van der Waals surface area contributed by atoms with E-state index in [4.69, 9.17) is 4.74 Å². The Labute approximate surface area is 103 Å². The van der Waals surface area contributed by atoms with Gasteiger partial charge < -0.3 is 9.84 Å². The van der Waals surface area contributed by atoms with Gasteiger partial charge in [0.15, 0.2) is 11.6 Å². The van der Waals surface area contributed by atoms with Crippen molar-refractivity contribution < 1.29 is 18.6 Å². The van der Waals surface area contributed by atoms with Gasteiger partial charge in [0.2, 0.25) is 11.7 Å². The van der Waals surface area contributed by atoms with E-state index in [0.29, 0.717) is 5.56 Å². The molecule has 2 aromatic rings. The minimum atomic E-state index is -1.08. The van der Waals surface area contributed by atoms with E-state index >= 15 is 0 Å². The van der Waals surface area contributed by atoms with Crippen LogP contribution < -0.4 is 4.74 Å². The first kappa shape index (κ1) is 12.4. The van der Waals surface area contributed by atoms with Gasteiger partial charge in [-0.15, -0.1) is 0 Å². The normalized spacial score (nSPS) is 12.2. The molecule has 3 nitrogen and oxygen atoms in total. The number of hydrogen-bond donors (Lipinski definition) is 1. The molecular weight excluding hydrogens is 240 g/mol. The van der Waals surface area contributed by atoms with E-state index in [9.17, 15) is 13.9 Å². The standard InChI is InChI=1S/C13H11F2NO2/c1-8(17)9-4-3-7-16-13(9)18-11-6-2-5-10(14)12(11)15/h2-8,17H,1H3. The fourth-order valence-corrected chi connectivity index (χ4v) is 1.47. The molecule has 1 unspecified atom stereocenters. The van der Waals surface area contributed by atoms with Gasteiger partial charge in [0.1, 0.15) is 0 Å². The second kappa shape index (κ2) is 5.10. The zero-order valence-electron chi connectivity index (χ0n) is 9.60. The zero-order chi connectivity index (χ0) is 13.1. The molecule has 1 N–H and O–H groups in total. The van der Waals surface area contributed by atoms with Crippen LogP contribution in [0.1, 0.15) is 18.6 Å². The van der Waals surface area contributed by atoms with E-state index in [0.717, 1.165) is 6.07 Å². The smallest absolute Gasteiger partial charge is 0.225 e. The van der Waals surface area contributed by atoms with Crippen LogP contribution in [0, 0.1) is 11.6 Å². The molecule has 5 heteroatoms. The summed E-state index contributed by atoms with van der Waals surface area (Å²) in [5.74, 6) is -2.30. The predicted octanol–water partition coefficient (Wildman–Crippen LogP) is 3.21. The van der Waals surface area contributed by atoms with Crippen molar-refractivity contribution in [3.8, 4) is 11.6 Å². The SMILES string of the molecule is CC(O)c1cccnc1Oc1cccc(F)c1F. The van der Waals surface area contributed by atoms with Gasteiger partial charge in [0.25, 0.3) is 0 Å². The summed E-state index contributed by atoms with van der Waals surface area (Å²) in [4.78, 5) is 3.89. The maximum absolute atomic E-state index is 13.4. The van der Waals surface area contributed by atoms with Crippen molar-refractivity contribution in [3.63, 3.8) is 0 Å². The lowest BCUT2D eigenvalue weighted by atomic mass is 10.2. The molecule has 1 heterocycles. The van der Waals surface area contributed by atoms with Crippen molar-refractivity contribution in [1.82, 2.24) is 4.98 Å². The van der Waals surface area contributed by atoms with Crippen molar-refractivity contribution in [3.05, 3.63) is 53.7 Å². The molecule has 0 saturated heterocycles. The van der Waals surface area contributed by atoms with Gasteiger partial charge in [0.05, 0.1) is 6.10 Å². The first-order chi connectivity index (χ1) is 8.59. The van der Waals surface area contributed by atoms with Gasteiger partial charge in [-0.1, -0.05) is 6.07 Å². The molecule has 94 valence electrons. The van der Waals surface area contributed by atoms with Gasteiger partial charge in [0, 0.05) is 11.8 Å². The van der Waals surface area contributed by atoms with Crippen molar-refractivity contribution in [2.24, 2.45) is 0 Å². The number of nitrogens with zero attached hydrogens (tertiary/aromatic N) is 1. The highest BCUT2D eigenvalue weighted by Gasteiger charge is 2.14. The number of pyridine rings is 1. The fourth-order valence-electron chi connectivity index (χ4n) is 1.47. The second-order valence-corrected chi connectivity index (χ2v) is 3.73. The largest absolute Gasteiger partial charge is 0.435 e. The summed E-state index contributed by atoms with van der Waals surface area (Å²) in [5.41, 5.74) is 0.404. The monoisotopic (exact) mass is 251 g/mol. The highest BCUT2D eigenvalue weighted by Crippen LogP contribution is 2.29. The average molecular weight is 251 g/mol. The third kappa shape index (κ3) is 2.46. The Kier molecular flexibility index (Phi) is 3.53. The summed E-state index contributed by atoms with van der Waals surface area (Å²) < 4.78 is 31.6. The predicted molar refractivity (Wildman–Crippen MR) is 61.3 cm³/mol.